The first-order chi connectivity index (χ1) is 8.30. The lowest BCUT2D eigenvalue weighted by Gasteiger charge is -2.19. The number of amides is 4. The van der Waals surface area contributed by atoms with Crippen LogP contribution in [0.3, 0.4) is 0 Å². The van der Waals surface area contributed by atoms with Crippen molar-refractivity contribution < 1.29 is 19.5 Å². The van der Waals surface area contributed by atoms with Gasteiger partial charge in [0.1, 0.15) is 12.1 Å². The predicted molar refractivity (Wildman–Crippen MR) is 63.6 cm³/mol. The van der Waals surface area contributed by atoms with Gasteiger partial charge in [0, 0.05) is 6.54 Å². The van der Waals surface area contributed by atoms with E-state index in [-0.39, 0.29) is 13.1 Å². The highest BCUT2D eigenvalue weighted by molar-refractivity contribution is 6.08. The molecule has 1 unspecified atom stereocenters. The molecule has 102 valence electrons. The van der Waals surface area contributed by atoms with Crippen LogP contribution in [0.15, 0.2) is 0 Å². The van der Waals surface area contributed by atoms with Crippen molar-refractivity contribution in [3.8, 4) is 0 Å². The molecule has 7 nitrogen and oxygen atoms in total. The summed E-state index contributed by atoms with van der Waals surface area (Å²) >= 11 is 0. The zero-order chi connectivity index (χ0) is 13.9. The van der Waals surface area contributed by atoms with Gasteiger partial charge in [-0.2, -0.15) is 0 Å². The minimum atomic E-state index is -0.929. The van der Waals surface area contributed by atoms with Crippen LogP contribution in [0.2, 0.25) is 0 Å². The number of aliphatic hydroxyl groups excluding tert-OH is 1. The molecule has 1 fully saturated rings. The smallest absolute Gasteiger partial charge is 0.325 e. The first-order valence-corrected chi connectivity index (χ1v) is 5.89. The second-order valence-electron chi connectivity index (χ2n) is 4.66. The molecule has 18 heavy (non-hydrogen) atoms. The van der Waals surface area contributed by atoms with Crippen LogP contribution in [0.4, 0.5) is 4.79 Å². The molecule has 0 radical (unpaired) electrons. The van der Waals surface area contributed by atoms with E-state index in [2.05, 4.69) is 10.6 Å². The van der Waals surface area contributed by atoms with Crippen molar-refractivity contribution in [1.82, 2.24) is 15.5 Å². The average molecular weight is 257 g/mol. The van der Waals surface area contributed by atoms with Crippen molar-refractivity contribution in [2.45, 2.75) is 38.8 Å². The van der Waals surface area contributed by atoms with Crippen LogP contribution in [0.1, 0.15) is 27.2 Å². The number of urea groups is 1. The third kappa shape index (κ3) is 2.98. The van der Waals surface area contributed by atoms with Crippen molar-refractivity contribution in [1.29, 1.82) is 0 Å². The quantitative estimate of drug-likeness (QED) is 0.562. The van der Waals surface area contributed by atoms with Gasteiger partial charge in [-0.15, -0.1) is 0 Å². The Bertz CT molecular complexity index is 369. The van der Waals surface area contributed by atoms with Crippen molar-refractivity contribution in [2.75, 3.05) is 13.1 Å². The Morgan fingerprint density at radius 2 is 2.17 bits per heavy atom. The fraction of sp³-hybridized carbons (Fsp3) is 0.727. The molecule has 4 amide bonds. The minimum absolute atomic E-state index is 0.0908. The molecular weight excluding hydrogens is 238 g/mol. The SMILES string of the molecule is CCC1(C)NC(=O)N(CC(=O)NC[C@H](C)O)C1=O. The molecule has 1 aliphatic rings. The number of hydrogen-bond donors (Lipinski definition) is 3. The van der Waals surface area contributed by atoms with Crippen molar-refractivity contribution in [2.24, 2.45) is 0 Å². The predicted octanol–water partition coefficient (Wildman–Crippen LogP) is -0.796. The summed E-state index contributed by atoms with van der Waals surface area (Å²) < 4.78 is 0. The Morgan fingerprint density at radius 3 is 2.61 bits per heavy atom. The van der Waals surface area contributed by atoms with Crippen LogP contribution >= 0.6 is 0 Å². The van der Waals surface area contributed by atoms with E-state index in [0.717, 1.165) is 4.90 Å². The molecule has 3 N–H and O–H groups in total. The van der Waals surface area contributed by atoms with Gasteiger partial charge in [-0.3, -0.25) is 14.5 Å². The number of rotatable bonds is 5. The Balaban J connectivity index is 2.60. The zero-order valence-electron chi connectivity index (χ0n) is 10.8. The molecule has 0 saturated carbocycles. The molecule has 1 saturated heterocycles. The van der Waals surface area contributed by atoms with Crippen LogP contribution in [-0.4, -0.2) is 52.6 Å². The van der Waals surface area contributed by atoms with E-state index in [9.17, 15) is 14.4 Å². The number of aliphatic hydroxyl groups is 1. The van der Waals surface area contributed by atoms with Gasteiger partial charge in [-0.05, 0) is 20.3 Å². The summed E-state index contributed by atoms with van der Waals surface area (Å²) in [5.41, 5.74) is -0.929. The molecule has 1 rings (SSSR count). The van der Waals surface area contributed by atoms with Crippen molar-refractivity contribution in [3.05, 3.63) is 0 Å². The summed E-state index contributed by atoms with van der Waals surface area (Å²) in [4.78, 5) is 35.9. The maximum absolute atomic E-state index is 12.0. The summed E-state index contributed by atoms with van der Waals surface area (Å²) in [7, 11) is 0. The second kappa shape index (κ2) is 5.34. The molecule has 7 heteroatoms. The first-order valence-electron chi connectivity index (χ1n) is 5.89. The summed E-state index contributed by atoms with van der Waals surface area (Å²) in [5.74, 6) is -0.873. The van der Waals surface area contributed by atoms with Gasteiger partial charge >= 0.3 is 6.03 Å². The molecule has 1 aliphatic heterocycles. The minimum Gasteiger partial charge on any atom is -0.392 e. The zero-order valence-corrected chi connectivity index (χ0v) is 10.8. The van der Waals surface area contributed by atoms with Crippen molar-refractivity contribution in [3.63, 3.8) is 0 Å². The average Bonchev–Trinajstić information content (AvgIpc) is 2.51. The van der Waals surface area contributed by atoms with E-state index in [1.54, 1.807) is 13.8 Å². The number of nitrogens with one attached hydrogen (secondary N) is 2. The van der Waals surface area contributed by atoms with Gasteiger partial charge in [0.15, 0.2) is 0 Å². The number of carbonyl (C=O) groups excluding carboxylic acids is 3. The van der Waals surface area contributed by atoms with E-state index in [4.69, 9.17) is 5.11 Å². The molecule has 0 bridgehead atoms. The molecule has 0 spiro atoms. The topological polar surface area (TPSA) is 98.7 Å². The monoisotopic (exact) mass is 257 g/mol. The van der Waals surface area contributed by atoms with Crippen molar-refractivity contribution >= 4 is 17.8 Å². The van der Waals surface area contributed by atoms with Gasteiger partial charge in [-0.25, -0.2) is 4.79 Å². The summed E-state index contributed by atoms with van der Waals surface area (Å²) in [5, 5.41) is 14.0. The van der Waals surface area contributed by atoms with Gasteiger partial charge in [0.05, 0.1) is 6.10 Å². The number of imide groups is 1. The molecule has 1 heterocycles. The maximum Gasteiger partial charge on any atom is 0.325 e. The van der Waals surface area contributed by atoms with E-state index < -0.39 is 29.5 Å². The Labute approximate surface area is 106 Å². The van der Waals surface area contributed by atoms with Gasteiger partial charge < -0.3 is 15.7 Å². The standard InChI is InChI=1S/C11H19N3O4/c1-4-11(3)9(17)14(10(18)13-11)6-8(16)12-5-7(2)15/h7,15H,4-6H2,1-3H3,(H,12,16)(H,13,18)/t7-,11?/m0/s1. The largest absolute Gasteiger partial charge is 0.392 e. The first kappa shape index (κ1) is 14.4. The van der Waals surface area contributed by atoms with E-state index in [0.29, 0.717) is 6.42 Å². The lowest BCUT2D eigenvalue weighted by molar-refractivity contribution is -0.134. The van der Waals surface area contributed by atoms with Crippen LogP contribution < -0.4 is 10.6 Å². The van der Waals surface area contributed by atoms with E-state index >= 15 is 0 Å². The summed E-state index contributed by atoms with van der Waals surface area (Å²) in [6.45, 7) is 4.71. The molecule has 0 aromatic heterocycles. The van der Waals surface area contributed by atoms with Crippen LogP contribution in [0, 0.1) is 0 Å². The molecule has 2 atom stereocenters. The molecule has 0 aliphatic carbocycles. The fourth-order valence-corrected chi connectivity index (χ4v) is 1.59. The lowest BCUT2D eigenvalue weighted by Crippen LogP contribution is -2.45. The Kier molecular flexibility index (Phi) is 4.28. The highest BCUT2D eigenvalue weighted by Crippen LogP contribution is 2.20. The summed E-state index contributed by atoms with van der Waals surface area (Å²) in [6, 6.07) is -0.559. The lowest BCUT2D eigenvalue weighted by atomic mass is 9.99. The van der Waals surface area contributed by atoms with Gasteiger partial charge in [0.25, 0.3) is 5.91 Å². The van der Waals surface area contributed by atoms with E-state index in [1.165, 1.54) is 6.92 Å². The fourth-order valence-electron chi connectivity index (χ4n) is 1.59. The Hall–Kier alpha value is -1.63. The van der Waals surface area contributed by atoms with Gasteiger partial charge in [0.2, 0.25) is 5.91 Å². The van der Waals surface area contributed by atoms with Gasteiger partial charge in [-0.1, -0.05) is 6.92 Å². The molecule has 0 aromatic rings. The second-order valence-corrected chi connectivity index (χ2v) is 4.66. The third-order valence-electron chi connectivity index (χ3n) is 2.95. The maximum atomic E-state index is 12.0. The normalized spacial score (nSPS) is 25.0. The highest BCUT2D eigenvalue weighted by Gasteiger charge is 2.46. The highest BCUT2D eigenvalue weighted by atomic mass is 16.3. The molecule has 0 aromatic carbocycles. The Morgan fingerprint density at radius 1 is 1.56 bits per heavy atom. The van der Waals surface area contributed by atoms with E-state index in [1.807, 2.05) is 0 Å². The summed E-state index contributed by atoms with van der Waals surface area (Å²) in [6.07, 6.45) is -0.207. The van der Waals surface area contributed by atoms with Crippen LogP contribution in [0.25, 0.3) is 0 Å². The van der Waals surface area contributed by atoms with Crippen LogP contribution in [-0.2, 0) is 9.59 Å². The third-order valence-corrected chi connectivity index (χ3v) is 2.95. The number of hydrogen-bond acceptors (Lipinski definition) is 4. The molecular formula is C11H19N3O4. The number of carbonyl (C=O) groups is 3. The number of nitrogens with zero attached hydrogens (tertiary/aromatic N) is 1. The van der Waals surface area contributed by atoms with Crippen LogP contribution in [0.5, 0.6) is 0 Å².